The molecular formula is C7H11ClN2O2S. The molecule has 0 aliphatic heterocycles. The second-order valence-electron chi connectivity index (χ2n) is 2.39. The number of nitrogens with two attached hydrogens (primary N) is 1. The summed E-state index contributed by atoms with van der Waals surface area (Å²) < 4.78 is 22.4. The van der Waals surface area contributed by atoms with Gasteiger partial charge in [0.2, 0.25) is 0 Å². The van der Waals surface area contributed by atoms with Crippen LogP contribution in [0.25, 0.3) is 0 Å². The van der Waals surface area contributed by atoms with Gasteiger partial charge in [0.05, 0.1) is 4.90 Å². The molecule has 1 rings (SSSR count). The van der Waals surface area contributed by atoms with Crippen LogP contribution in [0, 0.1) is 6.92 Å². The van der Waals surface area contributed by atoms with Crippen molar-refractivity contribution in [2.75, 3.05) is 0 Å². The van der Waals surface area contributed by atoms with Crippen LogP contribution in [-0.4, -0.2) is 8.42 Å². The van der Waals surface area contributed by atoms with E-state index in [1.807, 2.05) is 0 Å². The van der Waals surface area contributed by atoms with Crippen LogP contribution in [0.3, 0.4) is 0 Å². The minimum atomic E-state index is -3.50. The summed E-state index contributed by atoms with van der Waals surface area (Å²) in [6.07, 6.45) is 0. The Labute approximate surface area is 83.6 Å². The first-order valence-corrected chi connectivity index (χ1v) is 4.84. The van der Waals surface area contributed by atoms with Gasteiger partial charge in [-0.1, -0.05) is 18.2 Å². The van der Waals surface area contributed by atoms with E-state index in [0.717, 1.165) is 0 Å². The van der Waals surface area contributed by atoms with Crippen molar-refractivity contribution in [2.24, 2.45) is 5.84 Å². The molecule has 0 heterocycles. The molecule has 0 fully saturated rings. The van der Waals surface area contributed by atoms with Crippen LogP contribution in [0.2, 0.25) is 0 Å². The van der Waals surface area contributed by atoms with E-state index in [2.05, 4.69) is 0 Å². The molecule has 0 aromatic heterocycles. The summed E-state index contributed by atoms with van der Waals surface area (Å²) in [4.78, 5) is 1.99. The van der Waals surface area contributed by atoms with Gasteiger partial charge in [-0.2, -0.15) is 4.83 Å². The molecule has 0 saturated carbocycles. The van der Waals surface area contributed by atoms with Gasteiger partial charge in [0.25, 0.3) is 10.0 Å². The van der Waals surface area contributed by atoms with Gasteiger partial charge in [-0.3, -0.25) is 5.84 Å². The molecule has 4 nitrogen and oxygen atoms in total. The van der Waals surface area contributed by atoms with E-state index in [9.17, 15) is 8.42 Å². The smallest absolute Gasteiger partial charge is 0.253 e. The molecule has 74 valence electrons. The third kappa shape index (κ3) is 2.67. The van der Waals surface area contributed by atoms with Crippen LogP contribution in [0.1, 0.15) is 5.56 Å². The highest BCUT2D eigenvalue weighted by Crippen LogP contribution is 2.12. The van der Waals surface area contributed by atoms with Gasteiger partial charge in [-0.25, -0.2) is 8.42 Å². The Hall–Kier alpha value is -0.620. The van der Waals surface area contributed by atoms with E-state index in [0.29, 0.717) is 5.56 Å². The zero-order valence-corrected chi connectivity index (χ0v) is 8.65. The minimum Gasteiger partial charge on any atom is -0.257 e. The van der Waals surface area contributed by atoms with Crippen molar-refractivity contribution in [3.05, 3.63) is 29.8 Å². The highest BCUT2D eigenvalue weighted by atomic mass is 35.5. The van der Waals surface area contributed by atoms with E-state index >= 15 is 0 Å². The van der Waals surface area contributed by atoms with Crippen LogP contribution in [0.5, 0.6) is 0 Å². The number of hydrogen-bond donors (Lipinski definition) is 2. The first kappa shape index (κ1) is 12.4. The molecule has 0 aliphatic rings. The van der Waals surface area contributed by atoms with Gasteiger partial charge in [-0.05, 0) is 18.6 Å². The maximum absolute atomic E-state index is 11.2. The van der Waals surface area contributed by atoms with Crippen LogP contribution in [0.4, 0.5) is 0 Å². The van der Waals surface area contributed by atoms with E-state index in [1.165, 1.54) is 6.07 Å². The molecule has 0 spiro atoms. The lowest BCUT2D eigenvalue weighted by molar-refractivity contribution is 0.583. The zero-order chi connectivity index (χ0) is 9.19. The molecule has 0 amide bonds. The number of nitrogens with one attached hydrogen (secondary N) is 1. The summed E-state index contributed by atoms with van der Waals surface area (Å²) in [5, 5.41) is 0. The second-order valence-corrected chi connectivity index (χ2v) is 4.07. The van der Waals surface area contributed by atoms with Crippen LogP contribution < -0.4 is 10.7 Å². The lowest BCUT2D eigenvalue weighted by atomic mass is 10.2. The van der Waals surface area contributed by atoms with Crippen LogP contribution in [-0.2, 0) is 10.0 Å². The average molecular weight is 223 g/mol. The summed E-state index contributed by atoms with van der Waals surface area (Å²) in [5.74, 6) is 4.87. The third-order valence-electron chi connectivity index (χ3n) is 1.54. The Bertz CT molecular complexity index is 378. The predicted octanol–water partition coefficient (Wildman–Crippen LogP) is 0.569. The average Bonchev–Trinajstić information content (AvgIpc) is 2.05. The van der Waals surface area contributed by atoms with Gasteiger partial charge >= 0.3 is 0 Å². The molecule has 0 atom stereocenters. The number of sulfonamides is 1. The predicted molar refractivity (Wildman–Crippen MR) is 52.9 cm³/mol. The largest absolute Gasteiger partial charge is 0.257 e. The zero-order valence-electron chi connectivity index (χ0n) is 7.02. The molecule has 0 unspecified atom stereocenters. The van der Waals surface area contributed by atoms with Crippen molar-refractivity contribution in [2.45, 2.75) is 11.8 Å². The quantitative estimate of drug-likeness (QED) is 0.568. The summed E-state index contributed by atoms with van der Waals surface area (Å²) in [5.41, 5.74) is 0.676. The minimum absolute atomic E-state index is 0. The van der Waals surface area contributed by atoms with E-state index in [-0.39, 0.29) is 17.3 Å². The van der Waals surface area contributed by atoms with Crippen LogP contribution in [0.15, 0.2) is 29.2 Å². The van der Waals surface area contributed by atoms with Gasteiger partial charge in [0, 0.05) is 0 Å². The van der Waals surface area contributed by atoms with Gasteiger partial charge < -0.3 is 0 Å². The first-order chi connectivity index (χ1) is 5.58. The van der Waals surface area contributed by atoms with Crippen molar-refractivity contribution in [1.82, 2.24) is 4.83 Å². The molecule has 6 heteroatoms. The number of rotatable bonds is 2. The van der Waals surface area contributed by atoms with Gasteiger partial charge in [0.15, 0.2) is 0 Å². The Morgan fingerprint density at radius 3 is 2.31 bits per heavy atom. The van der Waals surface area contributed by atoms with Gasteiger partial charge in [-0.15, -0.1) is 12.4 Å². The fourth-order valence-electron chi connectivity index (χ4n) is 0.921. The standard InChI is InChI=1S/C7H10N2O2S.ClH/c1-6-4-2-3-5-7(6)12(10,11)9-8;/h2-5,9H,8H2,1H3;1H. The molecule has 1 aromatic carbocycles. The number of benzene rings is 1. The molecular weight excluding hydrogens is 212 g/mol. The number of hydrogen-bond acceptors (Lipinski definition) is 3. The summed E-state index contributed by atoms with van der Waals surface area (Å²) in [7, 11) is -3.50. The summed E-state index contributed by atoms with van der Waals surface area (Å²) >= 11 is 0. The highest BCUT2D eigenvalue weighted by molar-refractivity contribution is 7.89. The first-order valence-electron chi connectivity index (χ1n) is 3.36. The number of hydrazine groups is 1. The Balaban J connectivity index is 0.00000144. The Morgan fingerprint density at radius 2 is 1.85 bits per heavy atom. The fourth-order valence-corrected chi connectivity index (χ4v) is 1.80. The third-order valence-corrected chi connectivity index (χ3v) is 2.89. The monoisotopic (exact) mass is 222 g/mol. The fraction of sp³-hybridized carbons (Fsp3) is 0.143. The maximum atomic E-state index is 11.2. The summed E-state index contributed by atoms with van der Waals surface area (Å²) in [6.45, 7) is 1.71. The maximum Gasteiger partial charge on any atom is 0.253 e. The number of aryl methyl sites for hydroxylation is 1. The molecule has 0 bridgehead atoms. The van der Waals surface area contributed by atoms with Gasteiger partial charge in [0.1, 0.15) is 0 Å². The Morgan fingerprint density at radius 1 is 1.31 bits per heavy atom. The molecule has 0 aliphatic carbocycles. The van der Waals surface area contributed by atoms with Crippen molar-refractivity contribution in [1.29, 1.82) is 0 Å². The summed E-state index contributed by atoms with van der Waals surface area (Å²) in [6, 6.07) is 6.64. The Kier molecular flexibility index (Phi) is 4.35. The van der Waals surface area contributed by atoms with E-state index < -0.39 is 10.0 Å². The van der Waals surface area contributed by atoms with Crippen molar-refractivity contribution >= 4 is 22.4 Å². The van der Waals surface area contributed by atoms with Crippen molar-refractivity contribution in [3.8, 4) is 0 Å². The van der Waals surface area contributed by atoms with Crippen molar-refractivity contribution in [3.63, 3.8) is 0 Å². The molecule has 0 saturated heterocycles. The normalized spacial score (nSPS) is 10.6. The lowest BCUT2D eigenvalue weighted by Gasteiger charge is -2.04. The molecule has 3 N–H and O–H groups in total. The highest BCUT2D eigenvalue weighted by Gasteiger charge is 2.12. The molecule has 1 aromatic rings. The lowest BCUT2D eigenvalue weighted by Crippen LogP contribution is -2.30. The molecule has 0 radical (unpaired) electrons. The van der Waals surface area contributed by atoms with Crippen molar-refractivity contribution < 1.29 is 8.42 Å². The molecule has 13 heavy (non-hydrogen) atoms. The van der Waals surface area contributed by atoms with Crippen LogP contribution >= 0.6 is 12.4 Å². The number of halogens is 1. The van der Waals surface area contributed by atoms with E-state index in [1.54, 1.807) is 30.0 Å². The topological polar surface area (TPSA) is 72.2 Å². The second kappa shape index (κ2) is 4.57. The van der Waals surface area contributed by atoms with E-state index in [4.69, 9.17) is 5.84 Å². The SMILES string of the molecule is Cc1ccccc1S(=O)(=O)NN.Cl.